The van der Waals surface area contributed by atoms with E-state index in [-0.39, 0.29) is 0 Å². The molecule has 2 aromatic rings. The highest BCUT2D eigenvalue weighted by Gasteiger charge is 2.17. The van der Waals surface area contributed by atoms with Gasteiger partial charge >= 0.3 is 5.97 Å². The average Bonchev–Trinajstić information content (AvgIpc) is 2.68. The van der Waals surface area contributed by atoms with Crippen molar-refractivity contribution in [2.24, 2.45) is 0 Å². The van der Waals surface area contributed by atoms with Gasteiger partial charge in [0.2, 0.25) is 0 Å². The first kappa shape index (κ1) is 20.1. The third-order valence-electron chi connectivity index (χ3n) is 4.87. The monoisotopic (exact) mass is 354 g/mol. The number of carbonyl (C=O) groups is 1. The van der Waals surface area contributed by atoms with Gasteiger partial charge in [-0.1, -0.05) is 57.2 Å². The van der Waals surface area contributed by atoms with Gasteiger partial charge in [0.1, 0.15) is 0 Å². The molecule has 0 saturated carbocycles. The van der Waals surface area contributed by atoms with Crippen LogP contribution in [0.2, 0.25) is 0 Å². The molecular formula is C22H30N2O2. The minimum absolute atomic E-state index is 0.304. The first-order valence-corrected chi connectivity index (χ1v) is 9.44. The molecule has 1 unspecified atom stereocenters. The number of carboxylic acids is 1. The summed E-state index contributed by atoms with van der Waals surface area (Å²) in [5.41, 5.74) is 3.99. The fraction of sp³-hybridized carbons (Fsp3) is 0.409. The normalized spacial score (nSPS) is 12.3. The van der Waals surface area contributed by atoms with E-state index in [4.69, 9.17) is 5.11 Å². The van der Waals surface area contributed by atoms with Gasteiger partial charge in [0.25, 0.3) is 0 Å². The number of nitrogens with zero attached hydrogens (tertiary/aromatic N) is 1. The molecule has 0 heterocycles. The standard InChI is InChI=1S/C22H30N2O2/c1-4-17-10-12-19(13-11-17)21(24(5-2)6-3)16-23-15-18-8-7-9-20(14-18)22(25)26/h7-14,21,23H,4-6,15-16H2,1-3H3,(H,25,26). The Balaban J connectivity index is 2.06. The summed E-state index contributed by atoms with van der Waals surface area (Å²) in [7, 11) is 0. The van der Waals surface area contributed by atoms with Crippen molar-refractivity contribution in [3.8, 4) is 0 Å². The van der Waals surface area contributed by atoms with Crippen LogP contribution in [0.5, 0.6) is 0 Å². The maximum Gasteiger partial charge on any atom is 0.335 e. The van der Waals surface area contributed by atoms with E-state index in [1.165, 1.54) is 11.1 Å². The molecule has 4 nitrogen and oxygen atoms in total. The Morgan fingerprint density at radius 1 is 1.04 bits per heavy atom. The van der Waals surface area contributed by atoms with E-state index in [1.807, 2.05) is 6.07 Å². The minimum Gasteiger partial charge on any atom is -0.478 e. The Kier molecular flexibility index (Phi) is 7.82. The summed E-state index contributed by atoms with van der Waals surface area (Å²) in [6.07, 6.45) is 1.05. The van der Waals surface area contributed by atoms with E-state index in [0.717, 1.165) is 31.6 Å². The van der Waals surface area contributed by atoms with Crippen LogP contribution in [0.15, 0.2) is 48.5 Å². The lowest BCUT2D eigenvalue weighted by molar-refractivity contribution is 0.0696. The number of benzene rings is 2. The van der Waals surface area contributed by atoms with Gasteiger partial charge in [-0.05, 0) is 48.3 Å². The maximum atomic E-state index is 11.1. The van der Waals surface area contributed by atoms with Crippen LogP contribution in [0.3, 0.4) is 0 Å². The van der Waals surface area contributed by atoms with Crippen molar-refractivity contribution in [3.05, 3.63) is 70.8 Å². The van der Waals surface area contributed by atoms with Crippen LogP contribution < -0.4 is 5.32 Å². The second kappa shape index (κ2) is 10.1. The fourth-order valence-corrected chi connectivity index (χ4v) is 3.27. The Hall–Kier alpha value is -2.17. The van der Waals surface area contributed by atoms with Crippen LogP contribution in [0, 0.1) is 0 Å². The predicted octanol–water partition coefficient (Wildman–Crippen LogP) is 4.12. The molecule has 0 fully saturated rings. The highest BCUT2D eigenvalue weighted by Crippen LogP contribution is 2.21. The zero-order chi connectivity index (χ0) is 18.9. The molecule has 140 valence electrons. The first-order valence-electron chi connectivity index (χ1n) is 9.44. The quantitative estimate of drug-likeness (QED) is 0.674. The Morgan fingerprint density at radius 3 is 2.31 bits per heavy atom. The number of hydrogen-bond acceptors (Lipinski definition) is 3. The van der Waals surface area contributed by atoms with Gasteiger partial charge in [0.05, 0.1) is 5.56 Å². The van der Waals surface area contributed by atoms with E-state index < -0.39 is 5.97 Å². The van der Waals surface area contributed by atoms with Gasteiger partial charge in [-0.3, -0.25) is 4.90 Å². The van der Waals surface area contributed by atoms with Gasteiger partial charge in [0.15, 0.2) is 0 Å². The number of likely N-dealkylation sites (N-methyl/N-ethyl adjacent to an activating group) is 1. The van der Waals surface area contributed by atoms with Crippen LogP contribution in [0.4, 0.5) is 0 Å². The summed E-state index contributed by atoms with van der Waals surface area (Å²) in [4.78, 5) is 13.6. The first-order chi connectivity index (χ1) is 12.6. The lowest BCUT2D eigenvalue weighted by Gasteiger charge is -2.30. The van der Waals surface area contributed by atoms with Crippen LogP contribution in [-0.2, 0) is 13.0 Å². The number of aryl methyl sites for hydroxylation is 1. The highest BCUT2D eigenvalue weighted by atomic mass is 16.4. The van der Waals surface area contributed by atoms with Crippen molar-refractivity contribution in [1.82, 2.24) is 10.2 Å². The molecule has 0 aliphatic heterocycles. The third kappa shape index (κ3) is 5.41. The van der Waals surface area contributed by atoms with Gasteiger partial charge in [-0.15, -0.1) is 0 Å². The Bertz CT molecular complexity index is 694. The van der Waals surface area contributed by atoms with Crippen molar-refractivity contribution >= 4 is 5.97 Å². The van der Waals surface area contributed by atoms with Gasteiger partial charge in [-0.25, -0.2) is 4.79 Å². The summed E-state index contributed by atoms with van der Waals surface area (Å²) >= 11 is 0. The molecule has 0 saturated heterocycles. The average molecular weight is 354 g/mol. The Morgan fingerprint density at radius 2 is 1.73 bits per heavy atom. The molecule has 1 atom stereocenters. The predicted molar refractivity (Wildman–Crippen MR) is 107 cm³/mol. The smallest absolute Gasteiger partial charge is 0.335 e. The van der Waals surface area contributed by atoms with Gasteiger partial charge in [0, 0.05) is 19.1 Å². The number of nitrogens with one attached hydrogen (secondary N) is 1. The molecule has 0 spiro atoms. The largest absolute Gasteiger partial charge is 0.478 e. The topological polar surface area (TPSA) is 52.6 Å². The third-order valence-corrected chi connectivity index (χ3v) is 4.87. The zero-order valence-corrected chi connectivity index (χ0v) is 16.0. The van der Waals surface area contributed by atoms with Crippen LogP contribution in [0.25, 0.3) is 0 Å². The molecular weight excluding hydrogens is 324 g/mol. The second-order valence-electron chi connectivity index (χ2n) is 6.47. The van der Waals surface area contributed by atoms with E-state index in [1.54, 1.807) is 18.2 Å². The van der Waals surface area contributed by atoms with Crippen molar-refractivity contribution < 1.29 is 9.90 Å². The van der Waals surface area contributed by atoms with Crippen LogP contribution >= 0.6 is 0 Å². The van der Waals surface area contributed by atoms with E-state index in [0.29, 0.717) is 18.2 Å². The lowest BCUT2D eigenvalue weighted by Crippen LogP contribution is -2.35. The van der Waals surface area contributed by atoms with E-state index in [2.05, 4.69) is 55.3 Å². The molecule has 0 aliphatic carbocycles. The SMILES string of the molecule is CCc1ccc(C(CNCc2cccc(C(=O)O)c2)N(CC)CC)cc1. The number of rotatable bonds is 10. The summed E-state index contributed by atoms with van der Waals surface area (Å²) < 4.78 is 0. The molecule has 0 radical (unpaired) electrons. The molecule has 2 rings (SSSR count). The molecule has 0 aliphatic rings. The molecule has 0 bridgehead atoms. The molecule has 2 N–H and O–H groups in total. The number of carboxylic acid groups (broad SMARTS) is 1. The van der Waals surface area contributed by atoms with Crippen molar-refractivity contribution in [2.75, 3.05) is 19.6 Å². The van der Waals surface area contributed by atoms with E-state index in [9.17, 15) is 4.79 Å². The lowest BCUT2D eigenvalue weighted by atomic mass is 10.0. The van der Waals surface area contributed by atoms with Crippen LogP contribution in [0.1, 0.15) is 53.9 Å². The molecule has 0 aromatic heterocycles. The summed E-state index contributed by atoms with van der Waals surface area (Å²) in [5.74, 6) is -0.885. The molecule has 26 heavy (non-hydrogen) atoms. The zero-order valence-electron chi connectivity index (χ0n) is 16.0. The number of aromatic carboxylic acids is 1. The second-order valence-corrected chi connectivity index (χ2v) is 6.47. The summed E-state index contributed by atoms with van der Waals surface area (Å²) in [6, 6.07) is 16.3. The van der Waals surface area contributed by atoms with Crippen molar-refractivity contribution in [1.29, 1.82) is 0 Å². The molecule has 0 amide bonds. The summed E-state index contributed by atoms with van der Waals surface area (Å²) in [6.45, 7) is 10.0. The Labute approximate surface area is 156 Å². The number of hydrogen-bond donors (Lipinski definition) is 2. The molecule has 2 aromatic carbocycles. The highest BCUT2D eigenvalue weighted by molar-refractivity contribution is 5.87. The van der Waals surface area contributed by atoms with Crippen molar-refractivity contribution in [3.63, 3.8) is 0 Å². The molecule has 4 heteroatoms. The van der Waals surface area contributed by atoms with Gasteiger partial charge < -0.3 is 10.4 Å². The fourth-order valence-electron chi connectivity index (χ4n) is 3.27. The van der Waals surface area contributed by atoms with Crippen LogP contribution in [-0.4, -0.2) is 35.6 Å². The maximum absolute atomic E-state index is 11.1. The van der Waals surface area contributed by atoms with Gasteiger partial charge in [-0.2, -0.15) is 0 Å². The van der Waals surface area contributed by atoms with E-state index >= 15 is 0 Å². The summed E-state index contributed by atoms with van der Waals surface area (Å²) in [5, 5.41) is 12.6. The minimum atomic E-state index is -0.885. The van der Waals surface area contributed by atoms with Crippen molar-refractivity contribution in [2.45, 2.75) is 39.8 Å².